The first-order valence-electron chi connectivity index (χ1n) is 6.23. The van der Waals surface area contributed by atoms with E-state index in [2.05, 4.69) is 15.0 Å². The second kappa shape index (κ2) is 5.16. The van der Waals surface area contributed by atoms with Crippen molar-refractivity contribution in [1.82, 2.24) is 15.0 Å². The number of aromatic carboxylic acids is 1. The van der Waals surface area contributed by atoms with Gasteiger partial charge in [-0.1, -0.05) is 6.07 Å². The zero-order valence-corrected chi connectivity index (χ0v) is 11.1. The van der Waals surface area contributed by atoms with Crippen molar-refractivity contribution in [1.29, 1.82) is 0 Å². The van der Waals surface area contributed by atoms with E-state index in [0.29, 0.717) is 11.4 Å². The average Bonchev–Trinajstić information content (AvgIpc) is 2.47. The van der Waals surface area contributed by atoms with Crippen molar-refractivity contribution in [3.05, 3.63) is 54.0 Å². The third kappa shape index (κ3) is 2.64. The van der Waals surface area contributed by atoms with Crippen molar-refractivity contribution in [2.45, 2.75) is 6.92 Å². The van der Waals surface area contributed by atoms with Gasteiger partial charge in [0.1, 0.15) is 5.75 Å². The third-order valence-electron chi connectivity index (χ3n) is 2.97. The molecule has 0 aliphatic rings. The van der Waals surface area contributed by atoms with Crippen molar-refractivity contribution < 1.29 is 14.6 Å². The predicted molar refractivity (Wildman–Crippen MR) is 75.5 cm³/mol. The minimum Gasteiger partial charge on any atom is -0.478 e. The van der Waals surface area contributed by atoms with E-state index in [1.54, 1.807) is 25.3 Å². The van der Waals surface area contributed by atoms with Crippen LogP contribution in [-0.4, -0.2) is 26.0 Å². The fourth-order valence-corrected chi connectivity index (χ4v) is 1.92. The minimum absolute atomic E-state index is 0.0579. The van der Waals surface area contributed by atoms with Gasteiger partial charge in [-0.25, -0.2) is 9.78 Å². The fourth-order valence-electron chi connectivity index (χ4n) is 1.92. The molecule has 0 aliphatic carbocycles. The second-order valence-electron chi connectivity index (χ2n) is 4.42. The Morgan fingerprint density at radius 3 is 2.86 bits per heavy atom. The smallest absolute Gasteiger partial charge is 0.339 e. The molecule has 0 unspecified atom stereocenters. The maximum Gasteiger partial charge on any atom is 0.339 e. The molecule has 0 fully saturated rings. The molecular formula is C15H11N3O3. The molecule has 2 heterocycles. The van der Waals surface area contributed by atoms with Gasteiger partial charge in [-0.15, -0.1) is 0 Å². The standard InChI is InChI=1S/C15H11N3O3/c1-9-12(14(19)20)8-17-15(18-9)21-11-5-4-10-3-2-6-16-13(10)7-11/h2-8H,1H3,(H,19,20). The number of rotatable bonds is 3. The molecular weight excluding hydrogens is 270 g/mol. The number of aryl methyl sites for hydroxylation is 1. The summed E-state index contributed by atoms with van der Waals surface area (Å²) in [5, 5.41) is 9.94. The average molecular weight is 281 g/mol. The molecule has 3 aromatic rings. The summed E-state index contributed by atoms with van der Waals surface area (Å²) >= 11 is 0. The van der Waals surface area contributed by atoms with Gasteiger partial charge in [0.15, 0.2) is 0 Å². The van der Waals surface area contributed by atoms with E-state index in [0.717, 1.165) is 10.9 Å². The van der Waals surface area contributed by atoms with Crippen LogP contribution < -0.4 is 4.74 Å². The normalized spacial score (nSPS) is 10.5. The number of nitrogens with zero attached hydrogens (tertiary/aromatic N) is 3. The van der Waals surface area contributed by atoms with Gasteiger partial charge >= 0.3 is 12.0 Å². The molecule has 0 atom stereocenters. The Morgan fingerprint density at radius 2 is 2.10 bits per heavy atom. The fraction of sp³-hybridized carbons (Fsp3) is 0.0667. The van der Waals surface area contributed by atoms with E-state index in [4.69, 9.17) is 9.84 Å². The van der Waals surface area contributed by atoms with Crippen LogP contribution in [0.4, 0.5) is 0 Å². The van der Waals surface area contributed by atoms with Crippen LogP contribution in [0.3, 0.4) is 0 Å². The lowest BCUT2D eigenvalue weighted by Gasteiger charge is -2.06. The van der Waals surface area contributed by atoms with E-state index in [9.17, 15) is 4.79 Å². The number of benzene rings is 1. The molecule has 1 N–H and O–H groups in total. The summed E-state index contributed by atoms with van der Waals surface area (Å²) in [6, 6.07) is 9.37. The Balaban J connectivity index is 1.91. The highest BCUT2D eigenvalue weighted by molar-refractivity contribution is 5.88. The summed E-state index contributed by atoms with van der Waals surface area (Å²) in [5.74, 6) is -0.516. The summed E-state index contributed by atoms with van der Waals surface area (Å²) in [6.07, 6.45) is 2.94. The van der Waals surface area contributed by atoms with Crippen LogP contribution >= 0.6 is 0 Å². The number of aromatic nitrogens is 3. The van der Waals surface area contributed by atoms with E-state index in [1.165, 1.54) is 6.20 Å². The lowest BCUT2D eigenvalue weighted by molar-refractivity contribution is 0.0695. The summed E-state index contributed by atoms with van der Waals surface area (Å²) in [4.78, 5) is 23.1. The van der Waals surface area contributed by atoms with Crippen LogP contribution in [-0.2, 0) is 0 Å². The van der Waals surface area contributed by atoms with Crippen LogP contribution in [0.15, 0.2) is 42.7 Å². The van der Waals surface area contributed by atoms with Gasteiger partial charge in [-0.05, 0) is 25.1 Å². The van der Waals surface area contributed by atoms with Gasteiger partial charge < -0.3 is 9.84 Å². The highest BCUT2D eigenvalue weighted by atomic mass is 16.5. The van der Waals surface area contributed by atoms with Crippen molar-refractivity contribution in [3.63, 3.8) is 0 Å². The first kappa shape index (κ1) is 13.0. The number of carboxylic acid groups (broad SMARTS) is 1. The van der Waals surface area contributed by atoms with Crippen LogP contribution in [0.2, 0.25) is 0 Å². The lowest BCUT2D eigenvalue weighted by Crippen LogP contribution is -2.04. The molecule has 0 aliphatic heterocycles. The molecule has 6 heteroatoms. The monoisotopic (exact) mass is 281 g/mol. The van der Waals surface area contributed by atoms with Crippen LogP contribution in [0.5, 0.6) is 11.8 Å². The molecule has 0 saturated carbocycles. The topological polar surface area (TPSA) is 85.2 Å². The first-order valence-corrected chi connectivity index (χ1v) is 6.23. The van der Waals surface area contributed by atoms with Crippen molar-refractivity contribution in [2.75, 3.05) is 0 Å². The first-order chi connectivity index (χ1) is 10.1. The zero-order chi connectivity index (χ0) is 14.8. The molecule has 21 heavy (non-hydrogen) atoms. The summed E-state index contributed by atoms with van der Waals surface area (Å²) in [6.45, 7) is 1.60. The molecule has 3 rings (SSSR count). The molecule has 0 spiro atoms. The van der Waals surface area contributed by atoms with Gasteiger partial charge in [-0.3, -0.25) is 4.98 Å². The van der Waals surface area contributed by atoms with E-state index in [1.807, 2.05) is 18.2 Å². The number of fused-ring (bicyclic) bond motifs is 1. The molecule has 2 aromatic heterocycles. The summed E-state index contributed by atoms with van der Waals surface area (Å²) < 4.78 is 5.55. The quantitative estimate of drug-likeness (QED) is 0.794. The Bertz CT molecular complexity index is 833. The van der Waals surface area contributed by atoms with Gasteiger partial charge in [0, 0.05) is 23.8 Å². The second-order valence-corrected chi connectivity index (χ2v) is 4.42. The number of hydrogen-bond donors (Lipinski definition) is 1. The Hall–Kier alpha value is -3.02. The molecule has 0 saturated heterocycles. The Labute approximate surface area is 120 Å². The summed E-state index contributed by atoms with van der Waals surface area (Å²) in [7, 11) is 0. The molecule has 6 nitrogen and oxygen atoms in total. The van der Waals surface area contributed by atoms with E-state index >= 15 is 0 Å². The van der Waals surface area contributed by atoms with E-state index in [-0.39, 0.29) is 11.6 Å². The van der Waals surface area contributed by atoms with Crippen LogP contribution in [0, 0.1) is 6.92 Å². The van der Waals surface area contributed by atoms with Gasteiger partial charge in [-0.2, -0.15) is 4.98 Å². The largest absolute Gasteiger partial charge is 0.478 e. The molecule has 0 bridgehead atoms. The van der Waals surface area contributed by atoms with Crippen molar-refractivity contribution in [3.8, 4) is 11.8 Å². The molecule has 104 valence electrons. The summed E-state index contributed by atoms with van der Waals surface area (Å²) in [5.41, 5.74) is 1.21. The van der Waals surface area contributed by atoms with Crippen molar-refractivity contribution >= 4 is 16.9 Å². The Kier molecular flexibility index (Phi) is 3.19. The third-order valence-corrected chi connectivity index (χ3v) is 2.97. The van der Waals surface area contributed by atoms with E-state index < -0.39 is 5.97 Å². The highest BCUT2D eigenvalue weighted by Gasteiger charge is 2.11. The SMILES string of the molecule is Cc1nc(Oc2ccc3cccnc3c2)ncc1C(=O)O. The van der Waals surface area contributed by atoms with Crippen molar-refractivity contribution in [2.24, 2.45) is 0 Å². The van der Waals surface area contributed by atoms with Gasteiger partial charge in [0.05, 0.1) is 16.8 Å². The lowest BCUT2D eigenvalue weighted by atomic mass is 10.2. The molecule has 1 aromatic carbocycles. The number of hydrogen-bond acceptors (Lipinski definition) is 5. The maximum atomic E-state index is 10.9. The Morgan fingerprint density at radius 1 is 1.24 bits per heavy atom. The van der Waals surface area contributed by atoms with Crippen LogP contribution in [0.25, 0.3) is 10.9 Å². The minimum atomic E-state index is -1.06. The highest BCUT2D eigenvalue weighted by Crippen LogP contribution is 2.22. The number of pyridine rings is 1. The zero-order valence-electron chi connectivity index (χ0n) is 11.1. The van der Waals surface area contributed by atoms with Gasteiger partial charge in [0.25, 0.3) is 0 Å². The van der Waals surface area contributed by atoms with Crippen LogP contribution in [0.1, 0.15) is 16.1 Å². The number of carbonyl (C=O) groups is 1. The maximum absolute atomic E-state index is 10.9. The predicted octanol–water partition coefficient (Wildman–Crippen LogP) is 2.82. The number of ether oxygens (including phenoxy) is 1. The molecule has 0 amide bonds. The van der Waals surface area contributed by atoms with Gasteiger partial charge in [0.2, 0.25) is 0 Å². The molecule has 0 radical (unpaired) electrons. The number of carboxylic acids is 1.